The summed E-state index contributed by atoms with van der Waals surface area (Å²) in [4.78, 5) is 15.3. The van der Waals surface area contributed by atoms with Gasteiger partial charge in [-0.2, -0.15) is 0 Å². The zero-order valence-corrected chi connectivity index (χ0v) is 15.3. The minimum absolute atomic E-state index is 0.139. The highest BCUT2D eigenvalue weighted by Crippen LogP contribution is 2.28. The first-order valence-corrected chi connectivity index (χ1v) is 9.28. The van der Waals surface area contributed by atoms with Crippen molar-refractivity contribution < 1.29 is 14.6 Å². The third kappa shape index (κ3) is 4.44. The maximum Gasteiger partial charge on any atom is 0.230 e. The van der Waals surface area contributed by atoms with Crippen molar-refractivity contribution in [3.8, 4) is 5.75 Å². The Labute approximate surface area is 155 Å². The highest BCUT2D eigenvalue weighted by atomic mass is 16.5. The lowest BCUT2D eigenvalue weighted by Gasteiger charge is -2.34. The third-order valence-electron chi connectivity index (χ3n) is 5.17. The smallest absolute Gasteiger partial charge is 0.230 e. The summed E-state index contributed by atoms with van der Waals surface area (Å²) in [6.45, 7) is 1.56. The molecule has 0 bridgehead atoms. The van der Waals surface area contributed by atoms with Gasteiger partial charge in [0.05, 0.1) is 13.0 Å². The maximum absolute atomic E-state index is 13.4. The van der Waals surface area contributed by atoms with Gasteiger partial charge >= 0.3 is 0 Å². The molecule has 1 N–H and O–H groups in total. The van der Waals surface area contributed by atoms with Gasteiger partial charge < -0.3 is 14.7 Å². The topological polar surface area (TPSA) is 49.8 Å². The standard InChI is InChI=1S/C22H27NO3/c1-26-20-11-5-10-19(14-20)21(13-17-7-3-2-4-8-17)22(25)23-12-6-9-18(15-23)16-24/h2-5,7-8,10-11,14,18,21,24H,6,9,12-13,15-16H2,1H3. The van der Waals surface area contributed by atoms with Crippen molar-refractivity contribution in [2.75, 3.05) is 26.8 Å². The van der Waals surface area contributed by atoms with Crippen LogP contribution in [-0.4, -0.2) is 42.7 Å². The number of aliphatic hydroxyl groups is 1. The van der Waals surface area contributed by atoms with Crippen LogP contribution in [0.25, 0.3) is 0 Å². The van der Waals surface area contributed by atoms with Crippen LogP contribution in [0.5, 0.6) is 5.75 Å². The molecule has 1 amide bonds. The first-order valence-electron chi connectivity index (χ1n) is 9.28. The van der Waals surface area contributed by atoms with E-state index in [1.807, 2.05) is 47.4 Å². The van der Waals surface area contributed by atoms with Crippen LogP contribution >= 0.6 is 0 Å². The normalized spacial score (nSPS) is 18.4. The van der Waals surface area contributed by atoms with Gasteiger partial charge in [-0.1, -0.05) is 42.5 Å². The molecule has 0 radical (unpaired) electrons. The van der Waals surface area contributed by atoms with Crippen molar-refractivity contribution in [2.45, 2.75) is 25.2 Å². The Morgan fingerprint density at radius 1 is 1.23 bits per heavy atom. The molecule has 2 aromatic rings. The highest BCUT2D eigenvalue weighted by molar-refractivity contribution is 5.84. The molecule has 0 aromatic heterocycles. The Morgan fingerprint density at radius 3 is 2.77 bits per heavy atom. The first-order chi connectivity index (χ1) is 12.7. The van der Waals surface area contributed by atoms with Crippen molar-refractivity contribution in [1.82, 2.24) is 4.90 Å². The minimum atomic E-state index is -0.245. The zero-order valence-electron chi connectivity index (χ0n) is 15.3. The molecular formula is C22H27NO3. The van der Waals surface area contributed by atoms with Crippen molar-refractivity contribution in [3.05, 3.63) is 65.7 Å². The molecule has 0 spiro atoms. The van der Waals surface area contributed by atoms with Crippen LogP contribution in [0, 0.1) is 5.92 Å². The fourth-order valence-corrected chi connectivity index (χ4v) is 3.69. The molecule has 138 valence electrons. The predicted molar refractivity (Wildman–Crippen MR) is 102 cm³/mol. The Morgan fingerprint density at radius 2 is 2.04 bits per heavy atom. The molecule has 0 aliphatic carbocycles. The number of ether oxygens (including phenoxy) is 1. The Kier molecular flexibility index (Phi) is 6.29. The number of amides is 1. The van der Waals surface area contributed by atoms with Gasteiger partial charge in [0, 0.05) is 19.7 Å². The van der Waals surface area contributed by atoms with Gasteiger partial charge in [0.15, 0.2) is 0 Å². The second kappa shape index (κ2) is 8.86. The Balaban J connectivity index is 1.87. The zero-order chi connectivity index (χ0) is 18.4. The van der Waals surface area contributed by atoms with E-state index < -0.39 is 0 Å². The van der Waals surface area contributed by atoms with Crippen molar-refractivity contribution >= 4 is 5.91 Å². The van der Waals surface area contributed by atoms with Gasteiger partial charge in [-0.15, -0.1) is 0 Å². The van der Waals surface area contributed by atoms with E-state index >= 15 is 0 Å². The Bertz CT molecular complexity index is 716. The number of carbonyl (C=O) groups excluding carboxylic acids is 1. The van der Waals surface area contributed by atoms with Crippen molar-refractivity contribution in [3.63, 3.8) is 0 Å². The molecule has 26 heavy (non-hydrogen) atoms. The van der Waals surface area contributed by atoms with Crippen molar-refractivity contribution in [2.24, 2.45) is 5.92 Å². The first kappa shape index (κ1) is 18.5. The Hall–Kier alpha value is -2.33. The minimum Gasteiger partial charge on any atom is -0.497 e. The number of hydrogen-bond acceptors (Lipinski definition) is 3. The molecule has 0 saturated carbocycles. The summed E-state index contributed by atoms with van der Waals surface area (Å²) in [5.74, 6) is 0.848. The van der Waals surface area contributed by atoms with Gasteiger partial charge in [-0.3, -0.25) is 4.79 Å². The predicted octanol–water partition coefficient (Wildman–Crippen LogP) is 3.25. The van der Waals surface area contributed by atoms with Gasteiger partial charge in [0.25, 0.3) is 0 Å². The van der Waals surface area contributed by atoms with E-state index in [0.29, 0.717) is 13.0 Å². The molecule has 2 aromatic carbocycles. The average molecular weight is 353 g/mol. The largest absolute Gasteiger partial charge is 0.497 e. The van der Waals surface area contributed by atoms with Gasteiger partial charge in [0.1, 0.15) is 5.75 Å². The third-order valence-corrected chi connectivity index (χ3v) is 5.17. The second-order valence-electron chi connectivity index (χ2n) is 6.99. The number of rotatable bonds is 6. The summed E-state index contributed by atoms with van der Waals surface area (Å²) < 4.78 is 5.36. The molecule has 3 rings (SSSR count). The number of aliphatic hydroxyl groups excluding tert-OH is 1. The van der Waals surface area contributed by atoms with Crippen molar-refractivity contribution in [1.29, 1.82) is 0 Å². The van der Waals surface area contributed by atoms with E-state index in [0.717, 1.165) is 36.3 Å². The number of benzene rings is 2. The highest BCUT2D eigenvalue weighted by Gasteiger charge is 2.30. The summed E-state index contributed by atoms with van der Waals surface area (Å²) in [6.07, 6.45) is 2.60. The van der Waals surface area contributed by atoms with E-state index in [1.54, 1.807) is 7.11 Å². The lowest BCUT2D eigenvalue weighted by molar-refractivity contribution is -0.135. The van der Waals surface area contributed by atoms with Crippen LogP contribution in [0.3, 0.4) is 0 Å². The molecular weight excluding hydrogens is 326 g/mol. The fraction of sp³-hybridized carbons (Fsp3) is 0.409. The van der Waals surface area contributed by atoms with Gasteiger partial charge in [0.2, 0.25) is 5.91 Å². The van der Waals surface area contributed by atoms with Crippen LogP contribution in [0.15, 0.2) is 54.6 Å². The summed E-state index contributed by atoms with van der Waals surface area (Å²) >= 11 is 0. The molecule has 4 nitrogen and oxygen atoms in total. The molecule has 1 aliphatic heterocycles. The summed E-state index contributed by atoms with van der Waals surface area (Å²) in [7, 11) is 1.64. The number of nitrogens with zero attached hydrogens (tertiary/aromatic N) is 1. The number of carbonyl (C=O) groups is 1. The molecule has 2 unspecified atom stereocenters. The van der Waals surface area contributed by atoms with Crippen LogP contribution in [0.2, 0.25) is 0 Å². The summed E-state index contributed by atoms with van der Waals surface area (Å²) in [5.41, 5.74) is 2.12. The molecule has 1 fully saturated rings. The molecule has 2 atom stereocenters. The van der Waals surface area contributed by atoms with E-state index in [9.17, 15) is 9.90 Å². The number of likely N-dealkylation sites (tertiary alicyclic amines) is 1. The number of piperidine rings is 1. The molecule has 1 aliphatic rings. The quantitative estimate of drug-likeness (QED) is 0.867. The monoisotopic (exact) mass is 353 g/mol. The molecule has 1 saturated heterocycles. The van der Waals surface area contributed by atoms with Gasteiger partial charge in [-0.25, -0.2) is 0 Å². The molecule has 4 heteroatoms. The maximum atomic E-state index is 13.4. The fourth-order valence-electron chi connectivity index (χ4n) is 3.69. The number of hydrogen-bond donors (Lipinski definition) is 1. The summed E-state index contributed by atoms with van der Waals surface area (Å²) in [5, 5.41) is 9.50. The van der Waals surface area contributed by atoms with Crippen LogP contribution < -0.4 is 4.74 Å². The lowest BCUT2D eigenvalue weighted by Crippen LogP contribution is -2.43. The van der Waals surface area contributed by atoms with E-state index in [1.165, 1.54) is 0 Å². The van der Waals surface area contributed by atoms with Crippen LogP contribution in [-0.2, 0) is 11.2 Å². The lowest BCUT2D eigenvalue weighted by atomic mass is 9.89. The summed E-state index contributed by atoms with van der Waals surface area (Å²) in [6, 6.07) is 17.9. The van der Waals surface area contributed by atoms with Crippen LogP contribution in [0.4, 0.5) is 0 Å². The van der Waals surface area contributed by atoms with E-state index in [-0.39, 0.29) is 24.3 Å². The number of methoxy groups -OCH3 is 1. The second-order valence-corrected chi connectivity index (χ2v) is 6.99. The van der Waals surface area contributed by atoms with E-state index in [2.05, 4.69) is 12.1 Å². The molecule has 1 heterocycles. The average Bonchev–Trinajstić information content (AvgIpc) is 2.72. The van der Waals surface area contributed by atoms with Crippen LogP contribution in [0.1, 0.15) is 29.9 Å². The van der Waals surface area contributed by atoms with Gasteiger partial charge in [-0.05, 0) is 48.4 Å². The van der Waals surface area contributed by atoms with E-state index in [4.69, 9.17) is 4.74 Å². The SMILES string of the molecule is COc1cccc(C(Cc2ccccc2)C(=O)N2CCCC(CO)C2)c1.